The van der Waals surface area contributed by atoms with Crippen molar-refractivity contribution in [3.8, 4) is 5.75 Å². The predicted octanol–water partition coefficient (Wildman–Crippen LogP) is 3.46. The smallest absolute Gasteiger partial charge is 0.238 e. The van der Waals surface area contributed by atoms with Crippen LogP contribution in [-0.4, -0.2) is 43.1 Å². The lowest BCUT2D eigenvalue weighted by Gasteiger charge is -2.13. The van der Waals surface area contributed by atoms with Gasteiger partial charge < -0.3 is 26.2 Å². The summed E-state index contributed by atoms with van der Waals surface area (Å²) in [5, 5.41) is 15.0. The number of sulfonamides is 1. The summed E-state index contributed by atoms with van der Waals surface area (Å²) in [6.45, 7) is 3.65. The first-order valence-electron chi connectivity index (χ1n) is 10.8. The second kappa shape index (κ2) is 14.2. The van der Waals surface area contributed by atoms with Crippen LogP contribution in [0.4, 0.5) is 23.1 Å². The number of benzene rings is 2. The number of hydrogen-bond donors (Lipinski definition) is 4. The Morgan fingerprint density at radius 2 is 1.86 bits per heavy atom. The van der Waals surface area contributed by atoms with Gasteiger partial charge in [0.15, 0.2) is 0 Å². The molecule has 13 heteroatoms. The second-order valence-electron chi connectivity index (χ2n) is 8.00. The molecule has 4 rings (SSSR count). The molecule has 1 aliphatic rings. The SMILES string of the molecule is Cc1cnc(Nc2ccc(OCCC3CCCN3)cc2)nc1Nc1cccc(S(N)(=O)=O)c1.Cl.Cl.O. The highest BCUT2D eigenvalue weighted by Crippen LogP contribution is 2.23. The number of hydrogen-bond acceptors (Lipinski definition) is 8. The summed E-state index contributed by atoms with van der Waals surface area (Å²) in [6.07, 6.45) is 5.16. The van der Waals surface area contributed by atoms with Crippen molar-refractivity contribution in [2.75, 3.05) is 23.8 Å². The van der Waals surface area contributed by atoms with Crippen molar-refractivity contribution in [2.45, 2.75) is 37.1 Å². The number of aromatic nitrogens is 2. The Kier molecular flexibility index (Phi) is 12.3. The fourth-order valence-electron chi connectivity index (χ4n) is 3.60. The van der Waals surface area contributed by atoms with Crippen molar-refractivity contribution >= 4 is 58.0 Å². The summed E-state index contributed by atoms with van der Waals surface area (Å²) in [5.74, 6) is 1.78. The van der Waals surface area contributed by atoms with E-state index in [-0.39, 0.29) is 35.2 Å². The summed E-state index contributed by atoms with van der Waals surface area (Å²) in [6, 6.07) is 14.5. The Labute approximate surface area is 223 Å². The zero-order valence-corrected chi connectivity index (χ0v) is 22.2. The fraction of sp³-hybridized carbons (Fsp3) is 0.304. The number of nitrogens with two attached hydrogens (primary N) is 1. The van der Waals surface area contributed by atoms with Crippen molar-refractivity contribution in [3.63, 3.8) is 0 Å². The van der Waals surface area contributed by atoms with Crippen molar-refractivity contribution in [1.29, 1.82) is 0 Å². The molecule has 3 aromatic rings. The highest BCUT2D eigenvalue weighted by molar-refractivity contribution is 7.89. The van der Waals surface area contributed by atoms with Crippen LogP contribution in [0.25, 0.3) is 0 Å². The van der Waals surface area contributed by atoms with Gasteiger partial charge in [-0.25, -0.2) is 18.5 Å². The quantitative estimate of drug-likeness (QED) is 0.310. The number of rotatable bonds is 9. The van der Waals surface area contributed by atoms with Gasteiger partial charge in [-0.3, -0.25) is 0 Å². The zero-order valence-electron chi connectivity index (χ0n) is 19.7. The van der Waals surface area contributed by atoms with E-state index in [0.29, 0.717) is 30.1 Å². The maximum atomic E-state index is 11.6. The number of primary sulfonamides is 1. The lowest BCUT2D eigenvalue weighted by atomic mass is 10.2. The van der Waals surface area contributed by atoms with Gasteiger partial charge in [0.05, 0.1) is 11.5 Å². The first-order valence-corrected chi connectivity index (χ1v) is 12.4. The molecule has 1 atom stereocenters. The fourth-order valence-corrected chi connectivity index (χ4v) is 4.16. The highest BCUT2D eigenvalue weighted by Gasteiger charge is 2.13. The van der Waals surface area contributed by atoms with Crippen LogP contribution in [0.3, 0.4) is 0 Å². The van der Waals surface area contributed by atoms with E-state index in [1.165, 1.54) is 25.0 Å². The average molecular weight is 560 g/mol. The number of nitrogens with one attached hydrogen (secondary N) is 3. The van der Waals surface area contributed by atoms with E-state index in [9.17, 15) is 8.42 Å². The maximum Gasteiger partial charge on any atom is 0.238 e. The van der Waals surface area contributed by atoms with Crippen LogP contribution < -0.4 is 25.8 Å². The Balaban J connectivity index is 0.00000216. The van der Waals surface area contributed by atoms with E-state index >= 15 is 0 Å². The van der Waals surface area contributed by atoms with Gasteiger partial charge in [-0.1, -0.05) is 6.07 Å². The number of nitrogens with zero attached hydrogens (tertiary/aromatic N) is 2. The molecule has 0 aliphatic carbocycles. The minimum Gasteiger partial charge on any atom is -0.494 e. The predicted molar refractivity (Wildman–Crippen MR) is 147 cm³/mol. The first-order chi connectivity index (χ1) is 15.9. The van der Waals surface area contributed by atoms with Crippen molar-refractivity contribution < 1.29 is 18.6 Å². The van der Waals surface area contributed by atoms with Crippen molar-refractivity contribution in [3.05, 3.63) is 60.3 Å². The lowest BCUT2D eigenvalue weighted by molar-refractivity contribution is 0.292. The molecule has 198 valence electrons. The molecule has 36 heavy (non-hydrogen) atoms. The van der Waals surface area contributed by atoms with E-state index < -0.39 is 10.0 Å². The van der Waals surface area contributed by atoms with Gasteiger partial charge in [-0.05, 0) is 75.2 Å². The number of aryl methyl sites for hydroxylation is 1. The molecule has 1 saturated heterocycles. The van der Waals surface area contributed by atoms with Gasteiger partial charge in [-0.15, -0.1) is 24.8 Å². The second-order valence-corrected chi connectivity index (χ2v) is 9.56. The Bertz CT molecular complexity index is 1210. The van der Waals surface area contributed by atoms with Gasteiger partial charge in [0.25, 0.3) is 0 Å². The monoisotopic (exact) mass is 558 g/mol. The first kappa shape index (κ1) is 31.4. The Morgan fingerprint density at radius 1 is 1.11 bits per heavy atom. The number of halogens is 2. The molecule has 0 amide bonds. The third-order valence-electron chi connectivity index (χ3n) is 5.40. The molecule has 0 bridgehead atoms. The van der Waals surface area contributed by atoms with Crippen LogP contribution in [0.5, 0.6) is 5.75 Å². The molecule has 0 spiro atoms. The Morgan fingerprint density at radius 3 is 2.53 bits per heavy atom. The van der Waals surface area contributed by atoms with E-state index in [4.69, 9.17) is 9.88 Å². The van der Waals surface area contributed by atoms with Crippen LogP contribution in [0, 0.1) is 6.92 Å². The summed E-state index contributed by atoms with van der Waals surface area (Å²) in [5.41, 5.74) is 2.19. The molecule has 1 fully saturated rings. The van der Waals surface area contributed by atoms with Gasteiger partial charge in [0, 0.05) is 29.2 Å². The molecule has 1 aromatic heterocycles. The largest absolute Gasteiger partial charge is 0.494 e. The number of anilines is 4. The molecule has 1 unspecified atom stereocenters. The molecule has 2 aromatic carbocycles. The molecular formula is C23H32Cl2N6O4S. The molecule has 7 N–H and O–H groups in total. The molecule has 0 radical (unpaired) electrons. The molecule has 10 nitrogen and oxygen atoms in total. The van der Waals surface area contributed by atoms with Crippen molar-refractivity contribution in [1.82, 2.24) is 15.3 Å². The molecule has 1 aliphatic heterocycles. The Hall–Kier alpha value is -2.67. The van der Waals surface area contributed by atoms with Gasteiger partial charge in [0.2, 0.25) is 16.0 Å². The topological polar surface area (TPSA) is 163 Å². The van der Waals surface area contributed by atoms with E-state index in [1.807, 2.05) is 31.2 Å². The van der Waals surface area contributed by atoms with Crippen molar-refractivity contribution in [2.24, 2.45) is 5.14 Å². The van der Waals surface area contributed by atoms with Crippen LogP contribution in [0.2, 0.25) is 0 Å². The minimum absolute atomic E-state index is 0. The third kappa shape index (κ3) is 8.77. The standard InChI is InChI=1S/C23H28N6O3S.2ClH.H2O/c1-16-15-26-23(29-22(16)27-19-4-2-6-21(14-19)33(24,30)31)28-18-7-9-20(10-8-18)32-13-11-17-5-3-12-25-17;;;/h2,4,6-10,14-15,17,25H,3,5,11-13H2,1H3,(H2,24,30,31)(H2,26,27,28,29);2*1H;1H2. The van der Waals surface area contributed by atoms with Gasteiger partial charge >= 0.3 is 0 Å². The van der Waals surface area contributed by atoms with E-state index in [1.54, 1.807) is 18.3 Å². The van der Waals surface area contributed by atoms with Crippen LogP contribution >= 0.6 is 24.8 Å². The molecule has 2 heterocycles. The van der Waals surface area contributed by atoms with E-state index in [2.05, 4.69) is 25.9 Å². The highest BCUT2D eigenvalue weighted by atomic mass is 35.5. The molecular weight excluding hydrogens is 527 g/mol. The maximum absolute atomic E-state index is 11.6. The summed E-state index contributed by atoms with van der Waals surface area (Å²) in [4.78, 5) is 8.88. The van der Waals surface area contributed by atoms with Crippen LogP contribution in [0.15, 0.2) is 59.6 Å². The summed E-state index contributed by atoms with van der Waals surface area (Å²) < 4.78 is 29.1. The van der Waals surface area contributed by atoms with E-state index in [0.717, 1.165) is 30.0 Å². The van der Waals surface area contributed by atoms with Crippen LogP contribution in [0.1, 0.15) is 24.8 Å². The zero-order chi connectivity index (χ0) is 23.3. The lowest BCUT2D eigenvalue weighted by Crippen LogP contribution is -2.23. The van der Waals surface area contributed by atoms with Crippen LogP contribution in [-0.2, 0) is 10.0 Å². The minimum atomic E-state index is -3.79. The van der Waals surface area contributed by atoms with Gasteiger partial charge in [-0.2, -0.15) is 4.98 Å². The van der Waals surface area contributed by atoms with Gasteiger partial charge in [0.1, 0.15) is 11.6 Å². The summed E-state index contributed by atoms with van der Waals surface area (Å²) in [7, 11) is -3.79. The summed E-state index contributed by atoms with van der Waals surface area (Å²) >= 11 is 0. The third-order valence-corrected chi connectivity index (χ3v) is 6.32. The molecule has 0 saturated carbocycles. The normalized spacial score (nSPS) is 14.6. The number of ether oxygens (including phenoxy) is 1. The average Bonchev–Trinajstić information content (AvgIpc) is 3.30.